The van der Waals surface area contributed by atoms with E-state index in [1.54, 1.807) is 6.92 Å². The summed E-state index contributed by atoms with van der Waals surface area (Å²) in [5, 5.41) is 21.4. The van der Waals surface area contributed by atoms with Crippen molar-refractivity contribution in [3.63, 3.8) is 0 Å². The minimum Gasteiger partial charge on any atom is -0.512 e. The molecule has 6 atom stereocenters. The van der Waals surface area contributed by atoms with Gasteiger partial charge < -0.3 is 14.9 Å². The van der Waals surface area contributed by atoms with E-state index in [1.165, 1.54) is 6.92 Å². The summed E-state index contributed by atoms with van der Waals surface area (Å²) in [6, 6.07) is 0. The second-order valence-corrected chi connectivity index (χ2v) is 6.70. The van der Waals surface area contributed by atoms with Crippen LogP contribution in [-0.2, 0) is 9.53 Å². The number of hydrogen-bond donors (Lipinski definition) is 2. The second kappa shape index (κ2) is 5.84. The molecule has 2 aliphatic rings. The summed E-state index contributed by atoms with van der Waals surface area (Å²) in [7, 11) is 0. The van der Waals surface area contributed by atoms with E-state index in [4.69, 9.17) is 4.74 Å². The van der Waals surface area contributed by atoms with Crippen LogP contribution in [0.4, 0.5) is 0 Å². The van der Waals surface area contributed by atoms with Gasteiger partial charge in [-0.3, -0.25) is 4.79 Å². The van der Waals surface area contributed by atoms with Crippen LogP contribution in [0, 0.1) is 23.7 Å². The first-order valence-electron chi connectivity index (χ1n) is 7.66. The van der Waals surface area contributed by atoms with Crippen molar-refractivity contribution < 1.29 is 19.7 Å². The lowest BCUT2D eigenvalue weighted by atomic mass is 9.59. The molecule has 0 aromatic carbocycles. The van der Waals surface area contributed by atoms with Gasteiger partial charge in [0, 0.05) is 24.3 Å². The van der Waals surface area contributed by atoms with Crippen LogP contribution < -0.4 is 0 Å². The molecule has 1 fully saturated rings. The van der Waals surface area contributed by atoms with Gasteiger partial charge in [-0.2, -0.15) is 0 Å². The summed E-state index contributed by atoms with van der Waals surface area (Å²) in [5.41, 5.74) is 1.61. The molecule has 2 rings (SSSR count). The van der Waals surface area contributed by atoms with Gasteiger partial charge in [-0.25, -0.2) is 0 Å². The van der Waals surface area contributed by atoms with Crippen molar-refractivity contribution in [3.05, 3.63) is 23.5 Å². The largest absolute Gasteiger partial charge is 0.512 e. The summed E-state index contributed by atoms with van der Waals surface area (Å²) in [5.74, 6) is 0.0604. The third-order valence-corrected chi connectivity index (χ3v) is 5.22. The fraction of sp³-hybridized carbons (Fsp3) is 0.706. The van der Waals surface area contributed by atoms with Gasteiger partial charge in [0.1, 0.15) is 0 Å². The van der Waals surface area contributed by atoms with Crippen LogP contribution in [0.1, 0.15) is 40.5 Å². The quantitative estimate of drug-likeness (QED) is 0.607. The van der Waals surface area contributed by atoms with Crippen molar-refractivity contribution in [1.29, 1.82) is 0 Å². The Kier molecular flexibility index (Phi) is 4.47. The van der Waals surface area contributed by atoms with E-state index >= 15 is 0 Å². The Morgan fingerprint density at radius 2 is 1.95 bits per heavy atom. The van der Waals surface area contributed by atoms with Gasteiger partial charge in [0.2, 0.25) is 0 Å². The molecule has 0 aromatic rings. The third kappa shape index (κ3) is 2.73. The van der Waals surface area contributed by atoms with Crippen LogP contribution in [0.3, 0.4) is 0 Å². The molecule has 0 radical (unpaired) electrons. The number of esters is 1. The monoisotopic (exact) mass is 294 g/mol. The van der Waals surface area contributed by atoms with Crippen LogP contribution in [-0.4, -0.2) is 28.4 Å². The van der Waals surface area contributed by atoms with Crippen molar-refractivity contribution >= 4 is 5.97 Å². The maximum absolute atomic E-state index is 11.3. The summed E-state index contributed by atoms with van der Waals surface area (Å²) >= 11 is 0. The Hall–Kier alpha value is -1.29. The van der Waals surface area contributed by atoms with E-state index < -0.39 is 18.2 Å². The Labute approximate surface area is 126 Å². The summed E-state index contributed by atoms with van der Waals surface area (Å²) in [6.07, 6.45) is 0.441. The third-order valence-electron chi connectivity index (χ3n) is 5.22. The van der Waals surface area contributed by atoms with Gasteiger partial charge in [-0.05, 0) is 38.5 Å². The van der Waals surface area contributed by atoms with Gasteiger partial charge in [-0.1, -0.05) is 19.1 Å². The molecule has 0 spiro atoms. The van der Waals surface area contributed by atoms with Crippen molar-refractivity contribution in [3.8, 4) is 0 Å². The van der Waals surface area contributed by atoms with E-state index in [1.807, 2.05) is 6.92 Å². The zero-order valence-electron chi connectivity index (χ0n) is 13.3. The van der Waals surface area contributed by atoms with Crippen molar-refractivity contribution in [2.45, 2.75) is 52.7 Å². The first-order chi connectivity index (χ1) is 9.75. The molecule has 0 aromatic heterocycles. The molecular weight excluding hydrogens is 268 g/mol. The lowest BCUT2D eigenvalue weighted by Crippen LogP contribution is -2.52. The predicted octanol–water partition coefficient (Wildman–Crippen LogP) is 2.98. The first-order valence-corrected chi connectivity index (χ1v) is 7.66. The molecule has 2 aliphatic carbocycles. The highest BCUT2D eigenvalue weighted by Crippen LogP contribution is 2.50. The fourth-order valence-electron chi connectivity index (χ4n) is 4.11. The number of carbonyl (C=O) groups excluding carboxylic acids is 1. The van der Waals surface area contributed by atoms with E-state index in [9.17, 15) is 15.0 Å². The number of aliphatic hydroxyl groups excluding tert-OH is 2. The Morgan fingerprint density at radius 1 is 1.33 bits per heavy atom. The summed E-state index contributed by atoms with van der Waals surface area (Å²) < 4.78 is 5.25. The molecule has 0 heterocycles. The average Bonchev–Trinajstić information content (AvgIpc) is 2.40. The standard InChI is InChI=1S/C17H26O4/c1-8(2)12-7-6-9(3)13-14(12)15(19)10(4)17(16(13)20)21-11(5)18/h9,12-14,16-17,19-20H,1,6-7H2,2-5H3. The molecule has 0 aliphatic heterocycles. The van der Waals surface area contributed by atoms with Gasteiger partial charge in [0.25, 0.3) is 0 Å². The van der Waals surface area contributed by atoms with Crippen LogP contribution in [0.15, 0.2) is 23.5 Å². The highest BCUT2D eigenvalue weighted by atomic mass is 16.6. The van der Waals surface area contributed by atoms with Gasteiger partial charge in [0.05, 0.1) is 11.9 Å². The van der Waals surface area contributed by atoms with Crippen LogP contribution in [0.2, 0.25) is 0 Å². The zero-order chi connectivity index (χ0) is 15.9. The second-order valence-electron chi connectivity index (χ2n) is 6.70. The van der Waals surface area contributed by atoms with Crippen LogP contribution in [0.25, 0.3) is 0 Å². The molecule has 0 amide bonds. The molecule has 1 saturated carbocycles. The first kappa shape index (κ1) is 16.1. The van der Waals surface area contributed by atoms with Crippen LogP contribution in [0.5, 0.6) is 0 Å². The number of allylic oxidation sites excluding steroid dienone is 2. The number of hydrogen-bond acceptors (Lipinski definition) is 4. The molecule has 21 heavy (non-hydrogen) atoms. The molecule has 4 heteroatoms. The number of rotatable bonds is 2. The SMILES string of the molecule is C=C(C)C1CCC(C)C2C(O)C(OC(C)=O)C(C)=C(O)C12. The minimum atomic E-state index is -0.771. The number of ether oxygens (including phenoxy) is 1. The Balaban J connectivity index is 2.45. The minimum absolute atomic E-state index is 0.103. The molecular formula is C17H26O4. The predicted molar refractivity (Wildman–Crippen MR) is 80.6 cm³/mol. The summed E-state index contributed by atoms with van der Waals surface area (Å²) in [4.78, 5) is 11.3. The lowest BCUT2D eigenvalue weighted by Gasteiger charge is -2.49. The number of carbonyl (C=O) groups is 1. The molecule has 4 nitrogen and oxygen atoms in total. The molecule has 6 unspecified atom stereocenters. The van der Waals surface area contributed by atoms with Gasteiger partial charge >= 0.3 is 5.97 Å². The smallest absolute Gasteiger partial charge is 0.303 e. The van der Waals surface area contributed by atoms with E-state index in [2.05, 4.69) is 13.5 Å². The number of fused-ring (bicyclic) bond motifs is 1. The highest BCUT2D eigenvalue weighted by molar-refractivity contribution is 5.66. The summed E-state index contributed by atoms with van der Waals surface area (Å²) in [6.45, 7) is 11.2. The van der Waals surface area contributed by atoms with Gasteiger partial charge in [0.15, 0.2) is 6.10 Å². The topological polar surface area (TPSA) is 66.8 Å². The Bertz CT molecular complexity index is 479. The van der Waals surface area contributed by atoms with Crippen molar-refractivity contribution in [2.75, 3.05) is 0 Å². The van der Waals surface area contributed by atoms with Gasteiger partial charge in [-0.15, -0.1) is 0 Å². The maximum Gasteiger partial charge on any atom is 0.303 e. The maximum atomic E-state index is 11.3. The lowest BCUT2D eigenvalue weighted by molar-refractivity contribution is -0.157. The van der Waals surface area contributed by atoms with Crippen molar-refractivity contribution in [1.82, 2.24) is 0 Å². The fourth-order valence-corrected chi connectivity index (χ4v) is 4.11. The molecule has 0 bridgehead atoms. The van der Waals surface area contributed by atoms with E-state index in [-0.39, 0.29) is 29.4 Å². The molecule has 2 N–H and O–H groups in total. The van der Waals surface area contributed by atoms with E-state index in [0.717, 1.165) is 18.4 Å². The normalized spacial score (nSPS) is 39.7. The zero-order valence-corrected chi connectivity index (χ0v) is 13.3. The van der Waals surface area contributed by atoms with Crippen molar-refractivity contribution in [2.24, 2.45) is 23.7 Å². The van der Waals surface area contributed by atoms with E-state index in [0.29, 0.717) is 5.57 Å². The van der Waals surface area contributed by atoms with Crippen LogP contribution >= 0.6 is 0 Å². The molecule has 0 saturated heterocycles. The average molecular weight is 294 g/mol. The highest BCUT2D eigenvalue weighted by Gasteiger charge is 2.51. The Morgan fingerprint density at radius 3 is 2.48 bits per heavy atom. The number of aliphatic hydroxyl groups is 2. The molecule has 118 valence electrons.